The number of amides is 1. The molecule has 0 spiro atoms. The first-order valence-corrected chi connectivity index (χ1v) is 11.2. The summed E-state index contributed by atoms with van der Waals surface area (Å²) in [7, 11) is -2.30. The highest BCUT2D eigenvalue weighted by Crippen LogP contribution is 2.27. The van der Waals surface area contributed by atoms with Crippen LogP contribution in [0, 0.1) is 0 Å². The van der Waals surface area contributed by atoms with Gasteiger partial charge < -0.3 is 14.8 Å². The molecule has 3 aromatic rings. The molecule has 1 amide bonds. The van der Waals surface area contributed by atoms with Gasteiger partial charge >= 0.3 is 0 Å². The third-order valence-corrected chi connectivity index (χ3v) is 5.92. The lowest BCUT2D eigenvalue weighted by Gasteiger charge is -2.12. The predicted molar refractivity (Wildman–Crippen MR) is 121 cm³/mol. The average molecular weight is 481 g/mol. The zero-order chi connectivity index (χ0) is 22.4. The second kappa shape index (κ2) is 9.91. The molecule has 0 saturated carbocycles. The lowest BCUT2D eigenvalue weighted by molar-refractivity contribution is -0.118. The monoisotopic (exact) mass is 480 g/mol. The van der Waals surface area contributed by atoms with Gasteiger partial charge in [-0.05, 0) is 66.7 Å². The normalized spacial score (nSPS) is 10.9. The topological polar surface area (TPSA) is 93.7 Å². The van der Waals surface area contributed by atoms with Crippen molar-refractivity contribution in [3.8, 4) is 11.5 Å². The molecule has 0 radical (unpaired) electrons. The molecule has 0 bridgehead atoms. The van der Waals surface area contributed by atoms with E-state index in [0.29, 0.717) is 32.9 Å². The van der Waals surface area contributed by atoms with E-state index in [1.165, 1.54) is 31.4 Å². The SMILES string of the molecule is COc1ccc(Cl)cc1NC(=O)COc1ccc(S(=O)(=O)Nc2ccc(Cl)cc2)cc1. The van der Waals surface area contributed by atoms with Crippen molar-refractivity contribution >= 4 is 50.5 Å². The summed E-state index contributed by atoms with van der Waals surface area (Å²) in [4.78, 5) is 12.2. The fraction of sp³-hybridized carbons (Fsp3) is 0.0952. The molecule has 2 N–H and O–H groups in total. The maximum atomic E-state index is 12.5. The van der Waals surface area contributed by atoms with E-state index >= 15 is 0 Å². The summed E-state index contributed by atoms with van der Waals surface area (Å²) in [6.45, 7) is -0.287. The molecule has 0 unspecified atom stereocenters. The van der Waals surface area contributed by atoms with E-state index in [4.69, 9.17) is 32.7 Å². The lowest BCUT2D eigenvalue weighted by atomic mass is 10.3. The van der Waals surface area contributed by atoms with Gasteiger partial charge in [-0.3, -0.25) is 9.52 Å². The number of carbonyl (C=O) groups excluding carboxylic acids is 1. The van der Waals surface area contributed by atoms with Crippen molar-refractivity contribution in [2.24, 2.45) is 0 Å². The number of sulfonamides is 1. The second-order valence-corrected chi connectivity index (χ2v) is 8.82. The Balaban J connectivity index is 1.59. The van der Waals surface area contributed by atoms with Gasteiger partial charge in [0.15, 0.2) is 6.61 Å². The molecule has 3 aromatic carbocycles. The molecule has 0 aliphatic heterocycles. The standard InChI is InChI=1S/C21H18Cl2N2O5S/c1-29-20-11-4-15(23)12-19(20)24-21(26)13-30-17-7-9-18(10-8-17)31(27,28)25-16-5-2-14(22)3-6-16/h2-12,25H,13H2,1H3,(H,24,26). The van der Waals surface area contributed by atoms with E-state index in [-0.39, 0.29) is 11.5 Å². The van der Waals surface area contributed by atoms with Crippen LogP contribution in [0.1, 0.15) is 0 Å². The Morgan fingerprint density at radius 2 is 1.58 bits per heavy atom. The summed E-state index contributed by atoms with van der Waals surface area (Å²) in [5.41, 5.74) is 0.802. The van der Waals surface area contributed by atoms with Crippen molar-refractivity contribution in [3.05, 3.63) is 76.8 Å². The Hall–Kier alpha value is -2.94. The van der Waals surface area contributed by atoms with E-state index in [0.717, 1.165) is 0 Å². The van der Waals surface area contributed by atoms with Gasteiger partial charge in [0.25, 0.3) is 15.9 Å². The van der Waals surface area contributed by atoms with Crippen molar-refractivity contribution in [2.75, 3.05) is 23.8 Å². The second-order valence-electron chi connectivity index (χ2n) is 6.27. The summed E-state index contributed by atoms with van der Waals surface area (Å²) in [5, 5.41) is 3.60. The number of carbonyl (C=O) groups is 1. The Bertz CT molecular complexity index is 1170. The number of rotatable bonds is 8. The van der Waals surface area contributed by atoms with Gasteiger partial charge in [-0.1, -0.05) is 23.2 Å². The van der Waals surface area contributed by atoms with Crippen LogP contribution in [0.5, 0.6) is 11.5 Å². The first-order valence-electron chi connectivity index (χ1n) is 8.91. The Morgan fingerprint density at radius 3 is 2.23 bits per heavy atom. The van der Waals surface area contributed by atoms with Gasteiger partial charge in [-0.15, -0.1) is 0 Å². The van der Waals surface area contributed by atoms with Crippen molar-refractivity contribution in [2.45, 2.75) is 4.90 Å². The number of ether oxygens (including phenoxy) is 2. The smallest absolute Gasteiger partial charge is 0.262 e. The third kappa shape index (κ3) is 6.27. The van der Waals surface area contributed by atoms with Crippen LogP contribution in [0.25, 0.3) is 0 Å². The van der Waals surface area contributed by atoms with Crippen LogP contribution < -0.4 is 19.5 Å². The Morgan fingerprint density at radius 1 is 0.935 bits per heavy atom. The zero-order valence-corrected chi connectivity index (χ0v) is 18.6. The predicted octanol–water partition coefficient (Wildman–Crippen LogP) is 4.82. The first-order chi connectivity index (χ1) is 14.8. The molecule has 0 aliphatic rings. The fourth-order valence-corrected chi connectivity index (χ4v) is 3.92. The van der Waals surface area contributed by atoms with Gasteiger partial charge in [0, 0.05) is 15.7 Å². The minimum Gasteiger partial charge on any atom is -0.495 e. The van der Waals surface area contributed by atoms with E-state index < -0.39 is 15.9 Å². The number of nitrogens with one attached hydrogen (secondary N) is 2. The Labute approximate surface area is 189 Å². The largest absolute Gasteiger partial charge is 0.495 e. The Kier molecular flexibility index (Phi) is 7.27. The van der Waals surface area contributed by atoms with Crippen LogP contribution in [-0.4, -0.2) is 28.0 Å². The quantitative estimate of drug-likeness (QED) is 0.481. The van der Waals surface area contributed by atoms with Gasteiger partial charge in [0.05, 0.1) is 17.7 Å². The number of hydrogen-bond acceptors (Lipinski definition) is 5. The van der Waals surface area contributed by atoms with Crippen LogP contribution in [0.2, 0.25) is 10.0 Å². The van der Waals surface area contributed by atoms with Crippen LogP contribution >= 0.6 is 23.2 Å². The number of methoxy groups -OCH3 is 1. The number of hydrogen-bond donors (Lipinski definition) is 2. The lowest BCUT2D eigenvalue weighted by Crippen LogP contribution is -2.20. The number of halogens is 2. The summed E-state index contributed by atoms with van der Waals surface area (Å²) >= 11 is 11.7. The summed E-state index contributed by atoms with van der Waals surface area (Å²) in [6, 6.07) is 16.8. The van der Waals surface area contributed by atoms with Crippen LogP contribution in [-0.2, 0) is 14.8 Å². The molecule has 0 saturated heterocycles. The van der Waals surface area contributed by atoms with Crippen molar-refractivity contribution in [1.29, 1.82) is 0 Å². The fourth-order valence-electron chi connectivity index (χ4n) is 2.56. The molecule has 162 valence electrons. The molecule has 3 rings (SSSR count). The van der Waals surface area contributed by atoms with Crippen molar-refractivity contribution in [1.82, 2.24) is 0 Å². The highest BCUT2D eigenvalue weighted by molar-refractivity contribution is 7.92. The van der Waals surface area contributed by atoms with E-state index in [2.05, 4.69) is 10.0 Å². The highest BCUT2D eigenvalue weighted by atomic mass is 35.5. The molecule has 0 aliphatic carbocycles. The third-order valence-electron chi connectivity index (χ3n) is 4.04. The van der Waals surface area contributed by atoms with Gasteiger partial charge in [-0.25, -0.2) is 8.42 Å². The average Bonchev–Trinajstić information content (AvgIpc) is 2.74. The highest BCUT2D eigenvalue weighted by Gasteiger charge is 2.15. The summed E-state index contributed by atoms with van der Waals surface area (Å²) in [6.07, 6.45) is 0. The number of benzene rings is 3. The van der Waals surface area contributed by atoms with E-state index in [9.17, 15) is 13.2 Å². The van der Waals surface area contributed by atoms with E-state index in [1.807, 2.05) is 0 Å². The molecular formula is C21H18Cl2N2O5S. The van der Waals surface area contributed by atoms with Gasteiger partial charge in [0.1, 0.15) is 11.5 Å². The van der Waals surface area contributed by atoms with Gasteiger partial charge in [-0.2, -0.15) is 0 Å². The van der Waals surface area contributed by atoms with Crippen LogP contribution in [0.15, 0.2) is 71.6 Å². The van der Waals surface area contributed by atoms with Crippen molar-refractivity contribution in [3.63, 3.8) is 0 Å². The number of anilines is 2. The molecule has 0 aromatic heterocycles. The molecule has 0 fully saturated rings. The van der Waals surface area contributed by atoms with Crippen molar-refractivity contribution < 1.29 is 22.7 Å². The molecule has 10 heteroatoms. The molecule has 7 nitrogen and oxygen atoms in total. The van der Waals surface area contributed by atoms with Crippen LogP contribution in [0.4, 0.5) is 11.4 Å². The maximum Gasteiger partial charge on any atom is 0.262 e. The van der Waals surface area contributed by atoms with Gasteiger partial charge in [0.2, 0.25) is 0 Å². The molecule has 0 heterocycles. The maximum absolute atomic E-state index is 12.5. The minimum absolute atomic E-state index is 0.0444. The summed E-state index contributed by atoms with van der Waals surface area (Å²) in [5.74, 6) is 0.362. The zero-order valence-electron chi connectivity index (χ0n) is 16.3. The molecule has 31 heavy (non-hydrogen) atoms. The first kappa shape index (κ1) is 22.7. The molecular weight excluding hydrogens is 463 g/mol. The van der Waals surface area contributed by atoms with E-state index in [1.54, 1.807) is 42.5 Å². The van der Waals surface area contributed by atoms with Crippen LogP contribution in [0.3, 0.4) is 0 Å². The minimum atomic E-state index is -3.78. The summed E-state index contributed by atoms with van der Waals surface area (Å²) < 4.78 is 38.0. The molecule has 0 atom stereocenters.